The number of halogens is 1. The van der Waals surface area contributed by atoms with Gasteiger partial charge in [-0.3, -0.25) is 0 Å². The van der Waals surface area contributed by atoms with Crippen molar-refractivity contribution < 1.29 is 4.39 Å². The second kappa shape index (κ2) is 4.19. The number of hydrogen-bond acceptors (Lipinski definition) is 1. The van der Waals surface area contributed by atoms with E-state index in [0.717, 1.165) is 11.1 Å². The van der Waals surface area contributed by atoms with Gasteiger partial charge in [0.15, 0.2) is 0 Å². The molecule has 2 N–H and O–H groups in total. The van der Waals surface area contributed by atoms with Crippen LogP contribution in [0.25, 0.3) is 6.08 Å². The maximum atomic E-state index is 12.5. The van der Waals surface area contributed by atoms with Crippen LogP contribution in [0.5, 0.6) is 0 Å². The van der Waals surface area contributed by atoms with Crippen LogP contribution in [0.4, 0.5) is 4.39 Å². The fourth-order valence-electron chi connectivity index (χ4n) is 0.953. The minimum atomic E-state index is -0.212. The third-order valence-electron chi connectivity index (χ3n) is 1.98. The molecular formula is C11H14FN. The van der Waals surface area contributed by atoms with Gasteiger partial charge >= 0.3 is 0 Å². The Bertz CT molecular complexity index is 298. The average molecular weight is 179 g/mol. The first-order valence-corrected chi connectivity index (χ1v) is 4.29. The van der Waals surface area contributed by atoms with Crippen LogP contribution < -0.4 is 5.73 Å². The predicted molar refractivity (Wildman–Crippen MR) is 53.7 cm³/mol. The first-order chi connectivity index (χ1) is 6.09. The predicted octanol–water partition coefficient (Wildman–Crippen LogP) is 2.58. The minimum Gasteiger partial charge on any atom is -0.324 e. The van der Waals surface area contributed by atoms with E-state index in [9.17, 15) is 4.39 Å². The molecule has 0 amide bonds. The molecule has 70 valence electrons. The van der Waals surface area contributed by atoms with Crippen molar-refractivity contribution in [1.82, 2.24) is 0 Å². The maximum absolute atomic E-state index is 12.5. The van der Waals surface area contributed by atoms with Gasteiger partial charge in [-0.2, -0.15) is 0 Å². The van der Waals surface area contributed by atoms with Crippen molar-refractivity contribution >= 4 is 6.08 Å². The van der Waals surface area contributed by atoms with Crippen molar-refractivity contribution in [3.8, 4) is 0 Å². The molecule has 0 spiro atoms. The zero-order chi connectivity index (χ0) is 9.84. The Labute approximate surface area is 78.1 Å². The Kier molecular flexibility index (Phi) is 3.20. The molecule has 0 aliphatic heterocycles. The molecule has 0 aromatic heterocycles. The molecule has 1 atom stereocenters. The molecule has 0 radical (unpaired) electrons. The van der Waals surface area contributed by atoms with Crippen LogP contribution in [0.2, 0.25) is 0 Å². The Hall–Kier alpha value is -1.15. The average Bonchev–Trinajstić information content (AvgIpc) is 2.08. The Morgan fingerprint density at radius 3 is 2.38 bits per heavy atom. The first-order valence-electron chi connectivity index (χ1n) is 4.29. The summed E-state index contributed by atoms with van der Waals surface area (Å²) in [5.74, 6) is -0.212. The highest BCUT2D eigenvalue weighted by Crippen LogP contribution is 2.09. The monoisotopic (exact) mass is 179 g/mol. The molecule has 1 unspecified atom stereocenters. The van der Waals surface area contributed by atoms with Gasteiger partial charge in [0.25, 0.3) is 0 Å². The van der Waals surface area contributed by atoms with Crippen LogP contribution in [-0.4, -0.2) is 6.04 Å². The fraction of sp³-hybridized carbons (Fsp3) is 0.273. The van der Waals surface area contributed by atoms with Crippen molar-refractivity contribution in [2.24, 2.45) is 5.73 Å². The lowest BCUT2D eigenvalue weighted by Gasteiger charge is -2.04. The Morgan fingerprint density at radius 1 is 1.38 bits per heavy atom. The number of rotatable bonds is 2. The van der Waals surface area contributed by atoms with Crippen molar-refractivity contribution in [2.75, 3.05) is 0 Å². The summed E-state index contributed by atoms with van der Waals surface area (Å²) in [7, 11) is 0. The summed E-state index contributed by atoms with van der Waals surface area (Å²) >= 11 is 0. The van der Waals surface area contributed by atoms with Crippen LogP contribution in [0.15, 0.2) is 29.8 Å². The lowest BCUT2D eigenvalue weighted by atomic mass is 10.1. The van der Waals surface area contributed by atoms with E-state index in [1.165, 1.54) is 12.1 Å². The highest BCUT2D eigenvalue weighted by atomic mass is 19.1. The molecule has 13 heavy (non-hydrogen) atoms. The number of nitrogens with two attached hydrogens (primary N) is 1. The van der Waals surface area contributed by atoms with Gasteiger partial charge < -0.3 is 5.73 Å². The fourth-order valence-corrected chi connectivity index (χ4v) is 0.953. The molecule has 0 saturated heterocycles. The summed E-state index contributed by atoms with van der Waals surface area (Å²) in [5.41, 5.74) is 7.74. The quantitative estimate of drug-likeness (QED) is 0.742. The summed E-state index contributed by atoms with van der Waals surface area (Å²) < 4.78 is 12.5. The van der Waals surface area contributed by atoms with Gasteiger partial charge in [-0.15, -0.1) is 0 Å². The van der Waals surface area contributed by atoms with E-state index in [0.29, 0.717) is 0 Å². The molecule has 1 rings (SSSR count). The van der Waals surface area contributed by atoms with Crippen LogP contribution in [0.1, 0.15) is 19.4 Å². The van der Waals surface area contributed by atoms with E-state index in [1.807, 2.05) is 19.9 Å². The second-order valence-corrected chi connectivity index (χ2v) is 3.23. The van der Waals surface area contributed by atoms with Crippen molar-refractivity contribution in [2.45, 2.75) is 19.9 Å². The maximum Gasteiger partial charge on any atom is 0.123 e. The van der Waals surface area contributed by atoms with Gasteiger partial charge in [-0.1, -0.05) is 23.8 Å². The zero-order valence-electron chi connectivity index (χ0n) is 7.92. The molecule has 1 aromatic carbocycles. The highest BCUT2D eigenvalue weighted by Gasteiger charge is 1.96. The van der Waals surface area contributed by atoms with Gasteiger partial charge in [0, 0.05) is 6.04 Å². The van der Waals surface area contributed by atoms with E-state index in [2.05, 4.69) is 0 Å². The molecule has 0 bridgehead atoms. The van der Waals surface area contributed by atoms with Gasteiger partial charge in [-0.05, 0) is 31.5 Å². The first kappa shape index (κ1) is 9.93. The topological polar surface area (TPSA) is 26.0 Å². The lowest BCUT2D eigenvalue weighted by Crippen LogP contribution is -2.15. The third-order valence-corrected chi connectivity index (χ3v) is 1.98. The number of benzene rings is 1. The number of hydrogen-bond donors (Lipinski definition) is 1. The molecule has 0 saturated carbocycles. The molecular weight excluding hydrogens is 165 g/mol. The highest BCUT2D eigenvalue weighted by molar-refractivity contribution is 5.53. The summed E-state index contributed by atoms with van der Waals surface area (Å²) in [6.45, 7) is 3.89. The minimum absolute atomic E-state index is 0.0463. The summed E-state index contributed by atoms with van der Waals surface area (Å²) in [6.07, 6.45) is 1.96. The molecule has 0 heterocycles. The third kappa shape index (κ3) is 2.99. The van der Waals surface area contributed by atoms with Crippen molar-refractivity contribution in [1.29, 1.82) is 0 Å². The summed E-state index contributed by atoms with van der Waals surface area (Å²) in [4.78, 5) is 0. The van der Waals surface area contributed by atoms with Crippen molar-refractivity contribution in [3.63, 3.8) is 0 Å². The molecule has 1 aromatic rings. The standard InChI is InChI=1S/C11H14FN/c1-8(9(2)13)7-10-3-5-11(12)6-4-10/h3-7,9H,13H2,1-2H3/b8-7+. The zero-order valence-corrected chi connectivity index (χ0v) is 7.92. The van der Waals surface area contributed by atoms with Gasteiger partial charge in [0.05, 0.1) is 0 Å². The van der Waals surface area contributed by atoms with Crippen molar-refractivity contribution in [3.05, 3.63) is 41.2 Å². The molecule has 1 nitrogen and oxygen atoms in total. The second-order valence-electron chi connectivity index (χ2n) is 3.23. The summed E-state index contributed by atoms with van der Waals surface area (Å²) in [6, 6.07) is 6.41. The van der Waals surface area contributed by atoms with Crippen LogP contribution in [-0.2, 0) is 0 Å². The van der Waals surface area contributed by atoms with Gasteiger partial charge in [0.1, 0.15) is 5.82 Å². The van der Waals surface area contributed by atoms with E-state index >= 15 is 0 Å². The van der Waals surface area contributed by atoms with Crippen LogP contribution in [0.3, 0.4) is 0 Å². The van der Waals surface area contributed by atoms with E-state index in [1.54, 1.807) is 12.1 Å². The Balaban J connectivity index is 2.85. The van der Waals surface area contributed by atoms with E-state index < -0.39 is 0 Å². The van der Waals surface area contributed by atoms with E-state index in [-0.39, 0.29) is 11.9 Å². The summed E-state index contributed by atoms with van der Waals surface area (Å²) in [5, 5.41) is 0. The Morgan fingerprint density at radius 2 is 1.92 bits per heavy atom. The van der Waals surface area contributed by atoms with Gasteiger partial charge in [-0.25, -0.2) is 4.39 Å². The SMILES string of the molecule is C/C(=C\c1ccc(F)cc1)C(C)N. The molecule has 0 aliphatic carbocycles. The van der Waals surface area contributed by atoms with Gasteiger partial charge in [0.2, 0.25) is 0 Å². The lowest BCUT2D eigenvalue weighted by molar-refractivity contribution is 0.627. The molecule has 0 fully saturated rings. The molecule has 0 aliphatic rings. The van der Waals surface area contributed by atoms with E-state index in [4.69, 9.17) is 5.73 Å². The van der Waals surface area contributed by atoms with Crippen LogP contribution in [0, 0.1) is 5.82 Å². The largest absolute Gasteiger partial charge is 0.324 e. The van der Waals surface area contributed by atoms with Crippen LogP contribution >= 0.6 is 0 Å². The molecule has 2 heteroatoms. The normalized spacial score (nSPS) is 14.3. The smallest absolute Gasteiger partial charge is 0.123 e.